The lowest BCUT2D eigenvalue weighted by Crippen LogP contribution is -2.79. The number of aliphatic hydroxyl groups is 2. The van der Waals surface area contributed by atoms with Crippen molar-refractivity contribution in [2.75, 3.05) is 14.2 Å². The van der Waals surface area contributed by atoms with Gasteiger partial charge >= 0.3 is 0 Å². The Morgan fingerprint density at radius 3 is 2.12 bits per heavy atom. The molecule has 0 radical (unpaired) electrons. The maximum Gasteiger partial charge on any atom is 0.255 e. The van der Waals surface area contributed by atoms with E-state index in [1.54, 1.807) is 24.3 Å². The summed E-state index contributed by atoms with van der Waals surface area (Å²) in [5.74, 6) is -0.575. The lowest BCUT2D eigenvalue weighted by molar-refractivity contribution is -0.455. The van der Waals surface area contributed by atoms with Gasteiger partial charge in [0.25, 0.3) is 5.72 Å². The Labute approximate surface area is 140 Å². The lowest BCUT2D eigenvalue weighted by atomic mass is 9.81. The molecule has 4 rings (SSSR count). The Hall–Kier alpha value is -1.35. The third kappa shape index (κ3) is 1.64. The van der Waals surface area contributed by atoms with Crippen LogP contribution in [0.5, 0.6) is 0 Å². The van der Waals surface area contributed by atoms with Crippen LogP contribution >= 0.6 is 0 Å². The van der Waals surface area contributed by atoms with E-state index in [1.165, 1.54) is 24.3 Å². The van der Waals surface area contributed by atoms with Crippen molar-refractivity contribution < 1.29 is 24.7 Å². The van der Waals surface area contributed by atoms with Gasteiger partial charge in [0.2, 0.25) is 11.5 Å². The Morgan fingerprint density at radius 1 is 1.00 bits per heavy atom. The van der Waals surface area contributed by atoms with Crippen molar-refractivity contribution in [3.05, 3.63) is 35.4 Å². The first kappa shape index (κ1) is 16.1. The number of carbonyl (C=O) groups is 1. The number of hydroxylamine groups is 4. The summed E-state index contributed by atoms with van der Waals surface area (Å²) < 4.78 is 0. The van der Waals surface area contributed by atoms with Gasteiger partial charge in [-0.25, -0.2) is 0 Å². The zero-order valence-corrected chi connectivity index (χ0v) is 13.8. The molecule has 0 amide bonds. The molecule has 1 saturated heterocycles. The van der Waals surface area contributed by atoms with Gasteiger partial charge in [-0.3, -0.25) is 14.5 Å². The van der Waals surface area contributed by atoms with Crippen molar-refractivity contribution in [3.63, 3.8) is 0 Å². The van der Waals surface area contributed by atoms with Crippen molar-refractivity contribution in [2.24, 2.45) is 0 Å². The SMILES string of the molecule is CON1[C@@H]2CCCC[C@@H]2N(OC)C2(O)c3ccccc3C(=O)C12O. The second-order valence-electron chi connectivity index (χ2n) is 6.66. The molecule has 0 aromatic heterocycles. The van der Waals surface area contributed by atoms with Crippen molar-refractivity contribution in [1.82, 2.24) is 10.1 Å². The largest absolute Gasteiger partial charge is 0.366 e. The molecule has 4 atom stereocenters. The molecule has 2 N–H and O–H groups in total. The van der Waals surface area contributed by atoms with Gasteiger partial charge in [0.15, 0.2) is 0 Å². The zero-order chi connectivity index (χ0) is 17.1. The quantitative estimate of drug-likeness (QED) is 0.826. The van der Waals surface area contributed by atoms with E-state index in [0.717, 1.165) is 25.7 Å². The predicted octanol–water partition coefficient (Wildman–Crippen LogP) is 0.768. The summed E-state index contributed by atoms with van der Waals surface area (Å²) in [6.45, 7) is 0. The van der Waals surface area contributed by atoms with Gasteiger partial charge in [0.1, 0.15) is 0 Å². The fourth-order valence-electron chi connectivity index (χ4n) is 4.70. The summed E-state index contributed by atoms with van der Waals surface area (Å²) in [5.41, 5.74) is -3.65. The minimum atomic E-state index is -2.25. The number of fused-ring (bicyclic) bond motifs is 4. The molecule has 2 unspecified atom stereocenters. The first-order chi connectivity index (χ1) is 11.5. The summed E-state index contributed by atoms with van der Waals surface area (Å²) >= 11 is 0. The fraction of sp³-hybridized carbons (Fsp3) is 0.588. The van der Waals surface area contributed by atoms with Gasteiger partial charge < -0.3 is 10.2 Å². The van der Waals surface area contributed by atoms with Crippen molar-refractivity contribution in [2.45, 2.75) is 49.2 Å². The van der Waals surface area contributed by atoms with Crippen molar-refractivity contribution in [1.29, 1.82) is 0 Å². The highest BCUT2D eigenvalue weighted by molar-refractivity contribution is 6.08. The Kier molecular flexibility index (Phi) is 3.58. The number of Topliss-reactive ketones (excluding diaryl/α,β-unsaturated/α-hetero) is 1. The normalized spacial score (nSPS) is 39.4. The number of nitrogens with zero attached hydrogens (tertiary/aromatic N) is 2. The molecule has 3 aliphatic rings. The second-order valence-corrected chi connectivity index (χ2v) is 6.66. The third-order valence-corrected chi connectivity index (χ3v) is 5.68. The molecule has 2 aliphatic carbocycles. The predicted molar refractivity (Wildman–Crippen MR) is 83.4 cm³/mol. The van der Waals surface area contributed by atoms with Crippen LogP contribution < -0.4 is 0 Å². The maximum absolute atomic E-state index is 13.0. The Balaban J connectivity index is 1.97. The minimum absolute atomic E-state index is 0.187. The molecule has 0 spiro atoms. The molecule has 1 saturated carbocycles. The Bertz CT molecular complexity index is 683. The Morgan fingerprint density at radius 2 is 1.54 bits per heavy atom. The van der Waals surface area contributed by atoms with E-state index >= 15 is 0 Å². The highest BCUT2D eigenvalue weighted by Crippen LogP contribution is 2.54. The van der Waals surface area contributed by atoms with Crippen LogP contribution in [0.1, 0.15) is 41.6 Å². The average molecular weight is 334 g/mol. The van der Waals surface area contributed by atoms with Gasteiger partial charge in [0.05, 0.1) is 26.3 Å². The van der Waals surface area contributed by atoms with E-state index in [9.17, 15) is 15.0 Å². The van der Waals surface area contributed by atoms with Gasteiger partial charge in [-0.05, 0) is 12.8 Å². The lowest BCUT2D eigenvalue weighted by Gasteiger charge is -2.59. The van der Waals surface area contributed by atoms with Crippen molar-refractivity contribution >= 4 is 5.78 Å². The van der Waals surface area contributed by atoms with Crippen LogP contribution in [0.4, 0.5) is 0 Å². The van der Waals surface area contributed by atoms with E-state index < -0.39 is 17.2 Å². The zero-order valence-electron chi connectivity index (χ0n) is 13.8. The molecular formula is C17H22N2O5. The number of hydrogen-bond donors (Lipinski definition) is 2. The molecule has 130 valence electrons. The van der Waals surface area contributed by atoms with Crippen LogP contribution in [0.25, 0.3) is 0 Å². The monoisotopic (exact) mass is 334 g/mol. The minimum Gasteiger partial charge on any atom is -0.366 e. The standard InChI is InChI=1S/C17H22N2O5/c1-23-18-13-9-5-6-10-14(13)19(24-2)17(22)15(20)11-7-3-4-8-12(11)16(17,18)21/h3-4,7-8,13-14,21-22H,5-6,9-10H2,1-2H3/t13-,14+,16?,17?/m0/s1. The molecule has 1 aromatic carbocycles. The average Bonchev–Trinajstić information content (AvgIpc) is 2.79. The van der Waals surface area contributed by atoms with Crippen LogP contribution in [-0.4, -0.2) is 58.2 Å². The van der Waals surface area contributed by atoms with Crippen LogP contribution in [0.2, 0.25) is 0 Å². The van der Waals surface area contributed by atoms with Gasteiger partial charge in [-0.15, -0.1) is 10.1 Å². The van der Waals surface area contributed by atoms with E-state index in [-0.39, 0.29) is 17.6 Å². The molecule has 1 aromatic rings. The van der Waals surface area contributed by atoms with Crippen LogP contribution in [-0.2, 0) is 15.4 Å². The second kappa shape index (κ2) is 5.32. The first-order valence-corrected chi connectivity index (χ1v) is 8.27. The number of rotatable bonds is 2. The smallest absolute Gasteiger partial charge is 0.255 e. The maximum atomic E-state index is 13.0. The summed E-state index contributed by atoms with van der Waals surface area (Å²) in [4.78, 5) is 24.0. The van der Waals surface area contributed by atoms with Gasteiger partial charge in [-0.2, -0.15) is 0 Å². The number of ketones is 1. The van der Waals surface area contributed by atoms with Crippen LogP contribution in [0.15, 0.2) is 24.3 Å². The molecule has 0 bridgehead atoms. The summed E-state index contributed by atoms with van der Waals surface area (Å²) in [6, 6.07) is 6.27. The molecule has 7 heteroatoms. The van der Waals surface area contributed by atoms with Gasteiger partial charge in [-0.1, -0.05) is 37.1 Å². The van der Waals surface area contributed by atoms with Crippen LogP contribution in [0, 0.1) is 0 Å². The van der Waals surface area contributed by atoms with E-state index in [2.05, 4.69) is 0 Å². The van der Waals surface area contributed by atoms with Gasteiger partial charge in [0, 0.05) is 11.1 Å². The van der Waals surface area contributed by atoms with E-state index in [1.807, 2.05) is 0 Å². The number of piperazine rings is 1. The van der Waals surface area contributed by atoms with Crippen molar-refractivity contribution in [3.8, 4) is 0 Å². The van der Waals surface area contributed by atoms with Crippen LogP contribution in [0.3, 0.4) is 0 Å². The number of carbonyl (C=O) groups excluding carboxylic acids is 1. The number of hydrogen-bond acceptors (Lipinski definition) is 7. The molecule has 1 aliphatic heterocycles. The molecule has 1 heterocycles. The highest BCUT2D eigenvalue weighted by Gasteiger charge is 2.75. The molecule has 2 fully saturated rings. The third-order valence-electron chi connectivity index (χ3n) is 5.68. The summed E-state index contributed by atoms with van der Waals surface area (Å²) in [6.07, 6.45) is 3.49. The van der Waals surface area contributed by atoms with E-state index in [4.69, 9.17) is 9.68 Å². The molecule has 24 heavy (non-hydrogen) atoms. The summed E-state index contributed by atoms with van der Waals surface area (Å²) in [5, 5.41) is 25.7. The first-order valence-electron chi connectivity index (χ1n) is 8.27. The fourth-order valence-corrected chi connectivity index (χ4v) is 4.70. The molecular weight excluding hydrogens is 312 g/mol. The topological polar surface area (TPSA) is 82.5 Å². The number of benzene rings is 1. The summed E-state index contributed by atoms with van der Waals surface area (Å²) in [7, 11) is 2.88. The molecule has 7 nitrogen and oxygen atoms in total. The highest BCUT2D eigenvalue weighted by atomic mass is 16.7. The van der Waals surface area contributed by atoms with E-state index in [0.29, 0.717) is 5.56 Å².